The zero-order chi connectivity index (χ0) is 10.2. The van der Waals surface area contributed by atoms with Gasteiger partial charge in [-0.25, -0.2) is 0 Å². The zero-order valence-electron chi connectivity index (χ0n) is 9.24. The van der Waals surface area contributed by atoms with Crippen LogP contribution in [-0.2, 0) is 4.74 Å². The molecule has 1 fully saturated rings. The van der Waals surface area contributed by atoms with E-state index in [2.05, 4.69) is 11.8 Å². The van der Waals surface area contributed by atoms with Crippen molar-refractivity contribution in [2.45, 2.75) is 26.2 Å². The summed E-state index contributed by atoms with van der Waals surface area (Å²) in [7, 11) is 0. The number of aliphatic hydroxyl groups is 1. The Hall–Kier alpha value is -0.120. The minimum absolute atomic E-state index is 0.289. The van der Waals surface area contributed by atoms with E-state index in [0.717, 1.165) is 45.2 Å². The van der Waals surface area contributed by atoms with E-state index in [9.17, 15) is 0 Å². The van der Waals surface area contributed by atoms with Gasteiger partial charge in [0.05, 0.1) is 6.61 Å². The maximum atomic E-state index is 8.79. The lowest BCUT2D eigenvalue weighted by atomic mass is 9.98. The third-order valence-electron chi connectivity index (χ3n) is 2.83. The molecule has 1 saturated heterocycles. The van der Waals surface area contributed by atoms with Gasteiger partial charge in [0, 0.05) is 19.8 Å². The molecule has 0 unspecified atom stereocenters. The van der Waals surface area contributed by atoms with E-state index in [1.54, 1.807) is 0 Å². The molecule has 1 aliphatic rings. The van der Waals surface area contributed by atoms with Gasteiger partial charge in [-0.1, -0.05) is 6.92 Å². The molecule has 0 aromatic rings. The molecule has 0 aliphatic carbocycles. The van der Waals surface area contributed by atoms with Crippen LogP contribution in [0.5, 0.6) is 0 Å². The number of β-amino-alcohol motifs (C(OH)–C–C–N with tert-alkyl or cyclic N) is 1. The van der Waals surface area contributed by atoms with Crippen molar-refractivity contribution in [3.8, 4) is 0 Å². The second-order valence-electron chi connectivity index (χ2n) is 4.08. The fourth-order valence-corrected chi connectivity index (χ4v) is 1.91. The summed E-state index contributed by atoms with van der Waals surface area (Å²) in [6, 6.07) is 0. The molecule has 0 spiro atoms. The molecule has 1 N–H and O–H groups in total. The van der Waals surface area contributed by atoms with Crippen molar-refractivity contribution in [2.75, 3.05) is 39.5 Å². The highest BCUT2D eigenvalue weighted by Gasteiger charge is 2.18. The molecule has 0 saturated carbocycles. The summed E-state index contributed by atoms with van der Waals surface area (Å²) in [6.07, 6.45) is 3.57. The SMILES string of the molecule is CCCOCC1CCN(CCO)CC1. The lowest BCUT2D eigenvalue weighted by Crippen LogP contribution is -2.36. The Morgan fingerprint density at radius 2 is 2.07 bits per heavy atom. The highest BCUT2D eigenvalue weighted by atomic mass is 16.5. The van der Waals surface area contributed by atoms with E-state index >= 15 is 0 Å². The van der Waals surface area contributed by atoms with Crippen LogP contribution in [-0.4, -0.2) is 49.5 Å². The van der Waals surface area contributed by atoms with Gasteiger partial charge in [0.25, 0.3) is 0 Å². The van der Waals surface area contributed by atoms with Crippen LogP contribution in [0.25, 0.3) is 0 Å². The first-order valence-electron chi connectivity index (χ1n) is 5.77. The van der Waals surface area contributed by atoms with E-state index < -0.39 is 0 Å². The van der Waals surface area contributed by atoms with Crippen molar-refractivity contribution < 1.29 is 9.84 Å². The molecule has 1 rings (SSSR count). The summed E-state index contributed by atoms with van der Waals surface area (Å²) in [5, 5.41) is 8.79. The number of hydrogen-bond acceptors (Lipinski definition) is 3. The summed E-state index contributed by atoms with van der Waals surface area (Å²) in [5.74, 6) is 0.747. The van der Waals surface area contributed by atoms with Crippen LogP contribution in [0.4, 0.5) is 0 Å². The van der Waals surface area contributed by atoms with Gasteiger partial charge in [0.15, 0.2) is 0 Å². The first-order valence-corrected chi connectivity index (χ1v) is 5.77. The lowest BCUT2D eigenvalue weighted by molar-refractivity contribution is 0.0630. The minimum Gasteiger partial charge on any atom is -0.395 e. The highest BCUT2D eigenvalue weighted by Crippen LogP contribution is 2.16. The van der Waals surface area contributed by atoms with Crippen molar-refractivity contribution in [1.29, 1.82) is 0 Å². The van der Waals surface area contributed by atoms with E-state index in [0.29, 0.717) is 0 Å². The normalized spacial score (nSPS) is 20.1. The Balaban J connectivity index is 2.03. The predicted octanol–water partition coefficient (Wildman–Crippen LogP) is 1.12. The van der Waals surface area contributed by atoms with E-state index in [1.165, 1.54) is 12.8 Å². The molecule has 3 nitrogen and oxygen atoms in total. The molecule has 0 amide bonds. The van der Waals surface area contributed by atoms with Gasteiger partial charge in [-0.05, 0) is 38.3 Å². The Bertz CT molecular complexity index is 133. The summed E-state index contributed by atoms with van der Waals surface area (Å²) >= 11 is 0. The van der Waals surface area contributed by atoms with Crippen molar-refractivity contribution in [3.05, 3.63) is 0 Å². The zero-order valence-corrected chi connectivity index (χ0v) is 9.24. The molecule has 1 heterocycles. The van der Waals surface area contributed by atoms with Crippen LogP contribution in [0.1, 0.15) is 26.2 Å². The first-order chi connectivity index (χ1) is 6.86. The Labute approximate surface area is 87.1 Å². The van der Waals surface area contributed by atoms with Crippen molar-refractivity contribution in [3.63, 3.8) is 0 Å². The molecular formula is C11H23NO2. The Kier molecular flexibility index (Phi) is 6.15. The van der Waals surface area contributed by atoms with E-state index in [4.69, 9.17) is 9.84 Å². The molecule has 84 valence electrons. The minimum atomic E-state index is 0.289. The summed E-state index contributed by atoms with van der Waals surface area (Å²) in [4.78, 5) is 2.33. The van der Waals surface area contributed by atoms with Crippen LogP contribution in [0.3, 0.4) is 0 Å². The topological polar surface area (TPSA) is 32.7 Å². The van der Waals surface area contributed by atoms with E-state index in [-0.39, 0.29) is 6.61 Å². The van der Waals surface area contributed by atoms with Crippen LogP contribution in [0.2, 0.25) is 0 Å². The molecule has 1 aliphatic heterocycles. The third kappa shape index (κ3) is 4.40. The van der Waals surface area contributed by atoms with Gasteiger partial charge in [-0.3, -0.25) is 0 Å². The number of ether oxygens (including phenoxy) is 1. The smallest absolute Gasteiger partial charge is 0.0558 e. The number of rotatable bonds is 6. The third-order valence-corrected chi connectivity index (χ3v) is 2.83. The molecule has 0 atom stereocenters. The molecule has 0 aromatic carbocycles. The van der Waals surface area contributed by atoms with Crippen molar-refractivity contribution in [1.82, 2.24) is 4.90 Å². The number of nitrogens with zero attached hydrogens (tertiary/aromatic N) is 1. The molecule has 3 heteroatoms. The van der Waals surface area contributed by atoms with Gasteiger partial charge in [-0.2, -0.15) is 0 Å². The first kappa shape index (κ1) is 12.0. The maximum absolute atomic E-state index is 8.79. The number of piperidine rings is 1. The number of likely N-dealkylation sites (tertiary alicyclic amines) is 1. The molecule has 0 bridgehead atoms. The van der Waals surface area contributed by atoms with Gasteiger partial charge in [-0.15, -0.1) is 0 Å². The number of aliphatic hydroxyl groups excluding tert-OH is 1. The highest BCUT2D eigenvalue weighted by molar-refractivity contribution is 4.71. The van der Waals surface area contributed by atoms with Crippen molar-refractivity contribution in [2.24, 2.45) is 5.92 Å². The van der Waals surface area contributed by atoms with E-state index in [1.807, 2.05) is 0 Å². The average Bonchev–Trinajstić information content (AvgIpc) is 2.21. The number of hydrogen-bond donors (Lipinski definition) is 1. The summed E-state index contributed by atoms with van der Waals surface area (Å²) in [6.45, 7) is 7.35. The van der Waals surface area contributed by atoms with Gasteiger partial charge < -0.3 is 14.7 Å². The lowest BCUT2D eigenvalue weighted by Gasteiger charge is -2.31. The second-order valence-corrected chi connectivity index (χ2v) is 4.08. The molecular weight excluding hydrogens is 178 g/mol. The van der Waals surface area contributed by atoms with Crippen LogP contribution in [0.15, 0.2) is 0 Å². The fourth-order valence-electron chi connectivity index (χ4n) is 1.91. The average molecular weight is 201 g/mol. The summed E-state index contributed by atoms with van der Waals surface area (Å²) < 4.78 is 5.55. The fraction of sp³-hybridized carbons (Fsp3) is 1.00. The molecule has 0 radical (unpaired) electrons. The Morgan fingerprint density at radius 1 is 1.36 bits per heavy atom. The second kappa shape index (κ2) is 7.21. The quantitative estimate of drug-likeness (QED) is 0.654. The van der Waals surface area contributed by atoms with Crippen LogP contribution in [0, 0.1) is 5.92 Å². The standard InChI is InChI=1S/C11H23NO2/c1-2-9-14-10-11-3-5-12(6-4-11)7-8-13/h11,13H,2-10H2,1H3. The largest absolute Gasteiger partial charge is 0.395 e. The van der Waals surface area contributed by atoms with Gasteiger partial charge in [0.1, 0.15) is 0 Å². The maximum Gasteiger partial charge on any atom is 0.0558 e. The van der Waals surface area contributed by atoms with Crippen molar-refractivity contribution >= 4 is 0 Å². The van der Waals surface area contributed by atoms with Gasteiger partial charge >= 0.3 is 0 Å². The predicted molar refractivity (Wildman–Crippen MR) is 57.4 cm³/mol. The molecule has 0 aromatic heterocycles. The summed E-state index contributed by atoms with van der Waals surface area (Å²) in [5.41, 5.74) is 0. The van der Waals surface area contributed by atoms with Crippen LogP contribution >= 0.6 is 0 Å². The Morgan fingerprint density at radius 3 is 2.64 bits per heavy atom. The van der Waals surface area contributed by atoms with Gasteiger partial charge in [0.2, 0.25) is 0 Å². The monoisotopic (exact) mass is 201 g/mol. The molecule has 14 heavy (non-hydrogen) atoms. The van der Waals surface area contributed by atoms with Crippen LogP contribution < -0.4 is 0 Å².